The molecule has 4 nitrogen and oxygen atoms in total. The van der Waals surface area contributed by atoms with E-state index in [1.807, 2.05) is 6.07 Å². The van der Waals surface area contributed by atoms with Crippen molar-refractivity contribution in [1.82, 2.24) is 0 Å². The molecular weight excluding hydrogens is 240 g/mol. The molecule has 4 heteroatoms. The van der Waals surface area contributed by atoms with E-state index in [-0.39, 0.29) is 5.54 Å². The fourth-order valence-corrected chi connectivity index (χ4v) is 3.28. The largest absolute Gasteiger partial charge is 0.454 e. The van der Waals surface area contributed by atoms with E-state index in [2.05, 4.69) is 30.9 Å². The number of hydrogen-bond donors (Lipinski definition) is 1. The van der Waals surface area contributed by atoms with Crippen molar-refractivity contribution in [2.45, 2.75) is 32.2 Å². The van der Waals surface area contributed by atoms with Crippen LogP contribution in [0.1, 0.15) is 26.7 Å². The number of fused-ring (bicyclic) bond motifs is 1. The van der Waals surface area contributed by atoms with Crippen LogP contribution in [0.25, 0.3) is 0 Å². The Morgan fingerprint density at radius 3 is 2.89 bits per heavy atom. The van der Waals surface area contributed by atoms with Crippen LogP contribution in [0, 0.1) is 5.92 Å². The van der Waals surface area contributed by atoms with Crippen LogP contribution >= 0.6 is 0 Å². The first kappa shape index (κ1) is 12.6. The summed E-state index contributed by atoms with van der Waals surface area (Å²) in [6.45, 7) is 6.72. The Morgan fingerprint density at radius 1 is 1.32 bits per heavy atom. The standard InChI is InChI=1S/C15H22N2O2/c1-15(2)11(9-16)4-3-7-17(15)12-5-6-13-14(8-12)19-10-18-13/h5-6,8,11H,3-4,7,9-10,16H2,1-2H3. The molecule has 2 aliphatic heterocycles. The predicted molar refractivity (Wildman–Crippen MR) is 75.8 cm³/mol. The second-order valence-corrected chi connectivity index (χ2v) is 5.92. The third-order valence-corrected chi connectivity index (χ3v) is 4.58. The van der Waals surface area contributed by atoms with E-state index >= 15 is 0 Å². The zero-order chi connectivity index (χ0) is 13.5. The maximum Gasteiger partial charge on any atom is 0.231 e. The fraction of sp³-hybridized carbons (Fsp3) is 0.600. The first-order valence-electron chi connectivity index (χ1n) is 7.00. The molecule has 0 aliphatic carbocycles. The zero-order valence-corrected chi connectivity index (χ0v) is 11.7. The third kappa shape index (κ3) is 2.04. The van der Waals surface area contributed by atoms with Gasteiger partial charge in [-0.15, -0.1) is 0 Å². The van der Waals surface area contributed by atoms with Crippen LogP contribution in [0.4, 0.5) is 5.69 Å². The number of benzene rings is 1. The highest BCUT2D eigenvalue weighted by Crippen LogP contribution is 2.41. The number of nitrogens with zero attached hydrogens (tertiary/aromatic N) is 1. The average Bonchev–Trinajstić information content (AvgIpc) is 2.85. The Kier molecular flexibility index (Phi) is 3.05. The van der Waals surface area contributed by atoms with E-state index in [4.69, 9.17) is 15.2 Å². The average molecular weight is 262 g/mol. The first-order valence-corrected chi connectivity index (χ1v) is 7.00. The van der Waals surface area contributed by atoms with Crippen LogP contribution < -0.4 is 20.1 Å². The number of hydrogen-bond acceptors (Lipinski definition) is 4. The normalized spacial score (nSPS) is 24.6. The second-order valence-electron chi connectivity index (χ2n) is 5.92. The van der Waals surface area contributed by atoms with Gasteiger partial charge in [-0.2, -0.15) is 0 Å². The number of ether oxygens (including phenoxy) is 2. The van der Waals surface area contributed by atoms with Gasteiger partial charge in [0.2, 0.25) is 6.79 Å². The van der Waals surface area contributed by atoms with Gasteiger partial charge in [0.1, 0.15) is 0 Å². The summed E-state index contributed by atoms with van der Waals surface area (Å²) in [6, 6.07) is 6.21. The molecule has 3 rings (SSSR count). The van der Waals surface area contributed by atoms with Crippen molar-refractivity contribution in [2.24, 2.45) is 11.7 Å². The van der Waals surface area contributed by atoms with E-state index in [0.717, 1.165) is 24.6 Å². The lowest BCUT2D eigenvalue weighted by Crippen LogP contribution is -2.55. The molecule has 1 atom stereocenters. The summed E-state index contributed by atoms with van der Waals surface area (Å²) in [4.78, 5) is 2.45. The molecule has 0 aromatic heterocycles. The smallest absolute Gasteiger partial charge is 0.231 e. The van der Waals surface area contributed by atoms with Gasteiger partial charge >= 0.3 is 0 Å². The Hall–Kier alpha value is -1.42. The molecule has 1 aromatic rings. The van der Waals surface area contributed by atoms with Crippen molar-refractivity contribution in [1.29, 1.82) is 0 Å². The van der Waals surface area contributed by atoms with Crippen molar-refractivity contribution in [2.75, 3.05) is 24.8 Å². The van der Waals surface area contributed by atoms with Crippen molar-refractivity contribution in [3.8, 4) is 11.5 Å². The lowest BCUT2D eigenvalue weighted by atomic mass is 9.78. The number of piperidine rings is 1. The Labute approximate surface area is 114 Å². The van der Waals surface area contributed by atoms with Gasteiger partial charge in [0.15, 0.2) is 11.5 Å². The highest BCUT2D eigenvalue weighted by molar-refractivity contribution is 5.58. The molecule has 1 saturated heterocycles. The van der Waals surface area contributed by atoms with Crippen LogP contribution in [0.3, 0.4) is 0 Å². The van der Waals surface area contributed by atoms with Gasteiger partial charge in [-0.3, -0.25) is 0 Å². The Balaban J connectivity index is 1.92. The molecule has 19 heavy (non-hydrogen) atoms. The minimum atomic E-state index is 0.0840. The monoisotopic (exact) mass is 262 g/mol. The van der Waals surface area contributed by atoms with E-state index < -0.39 is 0 Å². The van der Waals surface area contributed by atoms with Gasteiger partial charge in [0.25, 0.3) is 0 Å². The van der Waals surface area contributed by atoms with Gasteiger partial charge in [0, 0.05) is 23.8 Å². The van der Waals surface area contributed by atoms with Gasteiger partial charge in [0.05, 0.1) is 0 Å². The molecule has 1 unspecified atom stereocenters. The molecule has 2 N–H and O–H groups in total. The molecule has 2 aliphatic rings. The van der Waals surface area contributed by atoms with Gasteiger partial charge < -0.3 is 20.1 Å². The zero-order valence-electron chi connectivity index (χ0n) is 11.7. The molecule has 1 fully saturated rings. The van der Waals surface area contributed by atoms with Crippen molar-refractivity contribution >= 4 is 5.69 Å². The van der Waals surface area contributed by atoms with E-state index in [1.54, 1.807) is 0 Å². The van der Waals surface area contributed by atoms with E-state index in [9.17, 15) is 0 Å². The molecule has 0 amide bonds. The molecule has 1 aromatic carbocycles. The lowest BCUT2D eigenvalue weighted by Gasteiger charge is -2.49. The lowest BCUT2D eigenvalue weighted by molar-refractivity contribution is 0.174. The highest BCUT2D eigenvalue weighted by atomic mass is 16.7. The SMILES string of the molecule is CC1(C)C(CN)CCCN1c1ccc2c(c1)OCO2. The number of nitrogens with two attached hydrogens (primary N) is 1. The molecular formula is C15H22N2O2. The minimum Gasteiger partial charge on any atom is -0.454 e. The molecule has 0 spiro atoms. The highest BCUT2D eigenvalue weighted by Gasteiger charge is 2.38. The maximum atomic E-state index is 5.94. The van der Waals surface area contributed by atoms with Crippen LogP contribution in [-0.2, 0) is 0 Å². The topological polar surface area (TPSA) is 47.7 Å². The summed E-state index contributed by atoms with van der Waals surface area (Å²) in [5.74, 6) is 2.23. The summed E-state index contributed by atoms with van der Waals surface area (Å²) < 4.78 is 10.9. The van der Waals surface area contributed by atoms with Crippen LogP contribution in [-0.4, -0.2) is 25.4 Å². The number of rotatable bonds is 2. The van der Waals surface area contributed by atoms with Gasteiger partial charge in [-0.25, -0.2) is 0 Å². The molecule has 2 heterocycles. The summed E-state index contributed by atoms with van der Waals surface area (Å²) in [6.07, 6.45) is 2.41. The van der Waals surface area contributed by atoms with E-state index in [0.29, 0.717) is 12.7 Å². The third-order valence-electron chi connectivity index (χ3n) is 4.58. The van der Waals surface area contributed by atoms with Crippen LogP contribution in [0.5, 0.6) is 11.5 Å². The second kappa shape index (κ2) is 4.60. The molecule has 0 radical (unpaired) electrons. The minimum absolute atomic E-state index is 0.0840. The van der Waals surface area contributed by atoms with Gasteiger partial charge in [-0.1, -0.05) is 0 Å². The Morgan fingerprint density at radius 2 is 2.11 bits per heavy atom. The predicted octanol–water partition coefficient (Wildman–Crippen LogP) is 2.37. The van der Waals surface area contributed by atoms with Crippen molar-refractivity contribution in [3.05, 3.63) is 18.2 Å². The van der Waals surface area contributed by atoms with Gasteiger partial charge in [-0.05, 0) is 51.3 Å². The number of anilines is 1. The molecule has 0 saturated carbocycles. The first-order chi connectivity index (χ1) is 9.13. The summed E-state index contributed by atoms with van der Waals surface area (Å²) >= 11 is 0. The van der Waals surface area contributed by atoms with Crippen LogP contribution in [0.2, 0.25) is 0 Å². The quantitative estimate of drug-likeness (QED) is 0.889. The Bertz CT molecular complexity index is 473. The van der Waals surface area contributed by atoms with Crippen molar-refractivity contribution in [3.63, 3.8) is 0 Å². The summed E-state index contributed by atoms with van der Waals surface area (Å²) in [7, 11) is 0. The summed E-state index contributed by atoms with van der Waals surface area (Å²) in [5, 5.41) is 0. The maximum absolute atomic E-state index is 5.94. The summed E-state index contributed by atoms with van der Waals surface area (Å²) in [5.41, 5.74) is 7.22. The van der Waals surface area contributed by atoms with E-state index in [1.165, 1.54) is 18.5 Å². The van der Waals surface area contributed by atoms with Crippen molar-refractivity contribution < 1.29 is 9.47 Å². The molecule has 104 valence electrons. The van der Waals surface area contributed by atoms with Crippen LogP contribution in [0.15, 0.2) is 18.2 Å². The fourth-order valence-electron chi connectivity index (χ4n) is 3.28. The molecule has 0 bridgehead atoms.